The Balaban J connectivity index is 1.24. The van der Waals surface area contributed by atoms with Crippen LogP contribution in [0.2, 0.25) is 0 Å². The number of rotatable bonds is 12. The fourth-order valence-electron chi connectivity index (χ4n) is 4.05. The van der Waals surface area contributed by atoms with Crippen LogP contribution in [-0.4, -0.2) is 59.5 Å². The van der Waals surface area contributed by atoms with Gasteiger partial charge >= 0.3 is 0 Å². The summed E-state index contributed by atoms with van der Waals surface area (Å²) in [6.45, 7) is 2.39. The van der Waals surface area contributed by atoms with Crippen LogP contribution in [-0.2, 0) is 16.0 Å². The van der Waals surface area contributed by atoms with E-state index in [2.05, 4.69) is 10.1 Å². The first-order valence-electron chi connectivity index (χ1n) is 12.2. The third-order valence-electron chi connectivity index (χ3n) is 5.92. The van der Waals surface area contributed by atoms with Gasteiger partial charge in [-0.25, -0.2) is 9.07 Å². The van der Waals surface area contributed by atoms with Crippen molar-refractivity contribution in [1.82, 2.24) is 19.3 Å². The molecule has 0 aliphatic rings. The summed E-state index contributed by atoms with van der Waals surface area (Å²) >= 11 is 0. The first-order valence-corrected chi connectivity index (χ1v) is 12.2. The fraction of sp³-hybridized carbons (Fsp3) is 0.250. The molecule has 0 bridgehead atoms. The minimum absolute atomic E-state index is 0.216. The lowest BCUT2D eigenvalue weighted by molar-refractivity contribution is 0.0544. The quantitative estimate of drug-likeness (QED) is 0.231. The number of methoxy groups -OCH3 is 1. The lowest BCUT2D eigenvalue weighted by Gasteiger charge is -2.12. The molecule has 10 heteroatoms. The van der Waals surface area contributed by atoms with Crippen LogP contribution in [0.3, 0.4) is 0 Å². The molecule has 0 aliphatic heterocycles. The number of halogens is 1. The molecule has 38 heavy (non-hydrogen) atoms. The number of pyridine rings is 1. The topological polar surface area (TPSA) is 89.6 Å². The molecular weight excluding hydrogens is 491 g/mol. The first kappa shape index (κ1) is 25.4. The molecule has 3 aromatic heterocycles. The SMILES string of the molecule is COCCOCCOc1ccc2c(OCCn3nc(-n4ccc5ccc(F)cc54)ccc3=O)ccnc2c1. The van der Waals surface area contributed by atoms with Crippen molar-refractivity contribution in [3.05, 3.63) is 89.2 Å². The largest absolute Gasteiger partial charge is 0.491 e. The molecule has 0 fully saturated rings. The Bertz CT molecular complexity index is 1600. The van der Waals surface area contributed by atoms with Crippen LogP contribution in [0.4, 0.5) is 4.39 Å². The van der Waals surface area contributed by atoms with Crippen molar-refractivity contribution in [2.75, 3.05) is 40.1 Å². The number of aromatic nitrogens is 4. The highest BCUT2D eigenvalue weighted by molar-refractivity contribution is 5.86. The lowest BCUT2D eigenvalue weighted by atomic mass is 10.2. The molecule has 3 heterocycles. The van der Waals surface area contributed by atoms with E-state index in [1.54, 1.807) is 42.3 Å². The zero-order valence-corrected chi connectivity index (χ0v) is 20.9. The summed E-state index contributed by atoms with van der Waals surface area (Å²) in [5.74, 6) is 1.49. The molecule has 0 saturated carbocycles. The molecule has 9 nitrogen and oxygen atoms in total. The van der Waals surface area contributed by atoms with E-state index in [-0.39, 0.29) is 24.5 Å². The monoisotopic (exact) mass is 518 g/mol. The van der Waals surface area contributed by atoms with Gasteiger partial charge in [-0.2, -0.15) is 5.10 Å². The number of fused-ring (bicyclic) bond motifs is 2. The van der Waals surface area contributed by atoms with E-state index in [1.807, 2.05) is 24.3 Å². The predicted octanol–water partition coefficient (Wildman–Crippen LogP) is 4.00. The summed E-state index contributed by atoms with van der Waals surface area (Å²) < 4.78 is 39.0. The first-order chi connectivity index (χ1) is 18.6. The van der Waals surface area contributed by atoms with Crippen molar-refractivity contribution < 1.29 is 23.3 Å². The molecule has 0 N–H and O–H groups in total. The van der Waals surface area contributed by atoms with Gasteiger partial charge in [-0.15, -0.1) is 0 Å². The van der Waals surface area contributed by atoms with Gasteiger partial charge in [-0.05, 0) is 48.5 Å². The van der Waals surface area contributed by atoms with Gasteiger partial charge < -0.3 is 18.9 Å². The Morgan fingerprint density at radius 2 is 1.79 bits per heavy atom. The Hall–Kier alpha value is -4.28. The Morgan fingerprint density at radius 3 is 2.68 bits per heavy atom. The van der Waals surface area contributed by atoms with Crippen LogP contribution in [0.15, 0.2) is 77.9 Å². The van der Waals surface area contributed by atoms with Crippen LogP contribution in [0, 0.1) is 5.82 Å². The van der Waals surface area contributed by atoms with Crippen LogP contribution in [0.25, 0.3) is 27.6 Å². The minimum Gasteiger partial charge on any atom is -0.491 e. The smallest absolute Gasteiger partial charge is 0.266 e. The van der Waals surface area contributed by atoms with E-state index >= 15 is 0 Å². The van der Waals surface area contributed by atoms with Crippen LogP contribution < -0.4 is 15.0 Å². The summed E-state index contributed by atoms with van der Waals surface area (Å²) in [7, 11) is 1.63. The summed E-state index contributed by atoms with van der Waals surface area (Å²) in [5, 5.41) is 6.17. The zero-order valence-electron chi connectivity index (χ0n) is 20.9. The Morgan fingerprint density at radius 1 is 0.895 bits per heavy atom. The molecule has 0 atom stereocenters. The number of benzene rings is 2. The maximum absolute atomic E-state index is 13.8. The van der Waals surface area contributed by atoms with Crippen molar-refractivity contribution in [2.24, 2.45) is 0 Å². The molecule has 5 aromatic rings. The summed E-state index contributed by atoms with van der Waals surface area (Å²) in [6, 6.07) is 16.9. The standard InChI is InChI=1S/C28H27FN4O5/c1-35-14-15-36-16-17-37-22-4-5-23-24(19-22)30-10-8-26(23)38-13-12-33-28(34)7-6-27(31-33)32-11-9-20-2-3-21(29)18-25(20)32/h2-11,18-19H,12-17H2,1H3. The highest BCUT2D eigenvalue weighted by Crippen LogP contribution is 2.27. The number of hydrogen-bond acceptors (Lipinski definition) is 7. The van der Waals surface area contributed by atoms with Gasteiger partial charge in [-0.1, -0.05) is 0 Å². The van der Waals surface area contributed by atoms with Crippen LogP contribution >= 0.6 is 0 Å². The normalized spacial score (nSPS) is 11.3. The molecular formula is C28H27FN4O5. The van der Waals surface area contributed by atoms with Gasteiger partial charge in [0.15, 0.2) is 5.82 Å². The maximum Gasteiger partial charge on any atom is 0.266 e. The third kappa shape index (κ3) is 5.82. The molecule has 0 saturated heterocycles. The predicted molar refractivity (Wildman–Crippen MR) is 141 cm³/mol. The van der Waals surface area contributed by atoms with E-state index in [0.717, 1.165) is 16.3 Å². The van der Waals surface area contributed by atoms with Gasteiger partial charge in [0, 0.05) is 42.4 Å². The fourth-order valence-corrected chi connectivity index (χ4v) is 4.05. The second-order valence-electron chi connectivity index (χ2n) is 8.43. The molecule has 0 spiro atoms. The highest BCUT2D eigenvalue weighted by Gasteiger charge is 2.09. The van der Waals surface area contributed by atoms with Crippen molar-refractivity contribution in [1.29, 1.82) is 0 Å². The summed E-state index contributed by atoms with van der Waals surface area (Å²) in [4.78, 5) is 16.9. The highest BCUT2D eigenvalue weighted by atomic mass is 19.1. The Labute approximate surface area is 218 Å². The molecule has 2 aromatic carbocycles. The van der Waals surface area contributed by atoms with Crippen molar-refractivity contribution in [2.45, 2.75) is 6.54 Å². The second kappa shape index (κ2) is 11.8. The van der Waals surface area contributed by atoms with Crippen LogP contribution in [0.5, 0.6) is 11.5 Å². The van der Waals surface area contributed by atoms with Crippen molar-refractivity contribution in [3.63, 3.8) is 0 Å². The molecule has 0 radical (unpaired) electrons. The van der Waals surface area contributed by atoms with Gasteiger partial charge in [-0.3, -0.25) is 14.3 Å². The van der Waals surface area contributed by atoms with E-state index < -0.39 is 0 Å². The molecule has 0 unspecified atom stereocenters. The summed E-state index contributed by atoms with van der Waals surface area (Å²) in [6.07, 6.45) is 3.46. The van der Waals surface area contributed by atoms with Gasteiger partial charge in [0.25, 0.3) is 5.56 Å². The minimum atomic E-state index is -0.339. The third-order valence-corrected chi connectivity index (χ3v) is 5.92. The molecule has 196 valence electrons. The number of hydrogen-bond donors (Lipinski definition) is 0. The van der Waals surface area contributed by atoms with Gasteiger partial charge in [0.05, 0.1) is 37.4 Å². The van der Waals surface area contributed by atoms with Crippen molar-refractivity contribution in [3.8, 4) is 17.3 Å². The van der Waals surface area contributed by atoms with E-state index in [9.17, 15) is 9.18 Å². The summed E-state index contributed by atoms with van der Waals surface area (Å²) in [5.41, 5.74) is 1.14. The second-order valence-corrected chi connectivity index (χ2v) is 8.43. The lowest BCUT2D eigenvalue weighted by Crippen LogP contribution is -2.26. The molecule has 0 aliphatic carbocycles. The van der Waals surface area contributed by atoms with Crippen molar-refractivity contribution >= 4 is 21.8 Å². The van der Waals surface area contributed by atoms with E-state index in [1.165, 1.54) is 22.9 Å². The van der Waals surface area contributed by atoms with Crippen LogP contribution in [0.1, 0.15) is 0 Å². The van der Waals surface area contributed by atoms with E-state index in [0.29, 0.717) is 49.3 Å². The van der Waals surface area contributed by atoms with Gasteiger partial charge in [0.2, 0.25) is 0 Å². The maximum atomic E-state index is 13.8. The average Bonchev–Trinajstić information content (AvgIpc) is 3.34. The van der Waals surface area contributed by atoms with E-state index in [4.69, 9.17) is 18.9 Å². The average molecular weight is 519 g/mol. The zero-order chi connectivity index (χ0) is 26.3. The number of nitrogens with zero attached hydrogens (tertiary/aromatic N) is 4. The van der Waals surface area contributed by atoms with Gasteiger partial charge in [0.1, 0.15) is 30.5 Å². The Kier molecular flexibility index (Phi) is 7.91. The number of ether oxygens (including phenoxy) is 4. The molecule has 5 rings (SSSR count). The molecule has 0 amide bonds.